The molecule has 0 amide bonds. The van der Waals surface area contributed by atoms with Crippen molar-refractivity contribution in [2.75, 3.05) is 12.0 Å². The first kappa shape index (κ1) is 10.2. The highest BCUT2D eigenvalue weighted by molar-refractivity contribution is 5.35. The van der Waals surface area contributed by atoms with Crippen molar-refractivity contribution in [2.24, 2.45) is 11.8 Å². The van der Waals surface area contributed by atoms with E-state index in [4.69, 9.17) is 10.6 Å². The van der Waals surface area contributed by atoms with Gasteiger partial charge in [0.1, 0.15) is 12.1 Å². The van der Waals surface area contributed by atoms with Crippen molar-refractivity contribution in [3.8, 4) is 5.88 Å². The Labute approximate surface area is 89.0 Å². The number of rotatable bonds is 5. The fourth-order valence-corrected chi connectivity index (χ4v) is 1.61. The molecule has 0 atom stereocenters. The molecule has 1 aromatic heterocycles. The second-order valence-corrected chi connectivity index (χ2v) is 3.82. The van der Waals surface area contributed by atoms with E-state index in [1.165, 1.54) is 25.6 Å². The Morgan fingerprint density at radius 3 is 3.00 bits per heavy atom. The van der Waals surface area contributed by atoms with Crippen LogP contribution in [0.25, 0.3) is 0 Å². The second kappa shape index (κ2) is 4.93. The van der Waals surface area contributed by atoms with Gasteiger partial charge >= 0.3 is 0 Å². The Hall–Kier alpha value is -1.36. The first-order chi connectivity index (χ1) is 7.38. The van der Waals surface area contributed by atoms with E-state index in [1.54, 1.807) is 6.07 Å². The van der Waals surface area contributed by atoms with Crippen molar-refractivity contribution in [1.29, 1.82) is 0 Å². The molecule has 1 saturated carbocycles. The van der Waals surface area contributed by atoms with E-state index in [2.05, 4.69) is 15.4 Å². The van der Waals surface area contributed by atoms with E-state index in [0.717, 1.165) is 18.9 Å². The summed E-state index contributed by atoms with van der Waals surface area (Å²) in [5, 5.41) is 0. The molecule has 5 nitrogen and oxygen atoms in total. The molecule has 2 rings (SSSR count). The third-order valence-corrected chi connectivity index (χ3v) is 2.79. The predicted octanol–water partition coefficient (Wildman–Crippen LogP) is 1.33. The number of hydrazine groups is 1. The predicted molar refractivity (Wildman–Crippen MR) is 57.3 cm³/mol. The zero-order chi connectivity index (χ0) is 10.5. The van der Waals surface area contributed by atoms with Crippen molar-refractivity contribution in [1.82, 2.24) is 9.97 Å². The molecule has 0 aliphatic heterocycles. The Bertz CT molecular complexity index is 314. The van der Waals surface area contributed by atoms with Crippen LogP contribution in [0.2, 0.25) is 0 Å². The van der Waals surface area contributed by atoms with E-state index < -0.39 is 0 Å². The quantitative estimate of drug-likeness (QED) is 0.564. The van der Waals surface area contributed by atoms with Crippen molar-refractivity contribution in [3.05, 3.63) is 12.4 Å². The van der Waals surface area contributed by atoms with Crippen molar-refractivity contribution < 1.29 is 4.74 Å². The maximum absolute atomic E-state index is 5.51. The van der Waals surface area contributed by atoms with Crippen LogP contribution in [-0.4, -0.2) is 16.6 Å². The van der Waals surface area contributed by atoms with E-state index in [1.807, 2.05) is 0 Å². The number of hydrogen-bond donors (Lipinski definition) is 2. The maximum Gasteiger partial charge on any atom is 0.218 e. The highest BCUT2D eigenvalue weighted by Crippen LogP contribution is 2.29. The minimum atomic E-state index is 0.573. The number of ether oxygens (including phenoxy) is 1. The zero-order valence-electron chi connectivity index (χ0n) is 8.65. The van der Waals surface area contributed by atoms with Gasteiger partial charge in [-0.15, -0.1) is 0 Å². The van der Waals surface area contributed by atoms with Gasteiger partial charge in [-0.05, 0) is 12.3 Å². The van der Waals surface area contributed by atoms with Crippen LogP contribution in [0, 0.1) is 5.92 Å². The third kappa shape index (κ3) is 2.79. The van der Waals surface area contributed by atoms with Crippen LogP contribution >= 0.6 is 0 Å². The molecule has 1 aliphatic rings. The molecule has 82 valence electrons. The molecule has 3 N–H and O–H groups in total. The van der Waals surface area contributed by atoms with Gasteiger partial charge in [-0.2, -0.15) is 0 Å². The maximum atomic E-state index is 5.51. The molecule has 0 radical (unpaired) electrons. The lowest BCUT2D eigenvalue weighted by atomic mass is 9.83. The summed E-state index contributed by atoms with van der Waals surface area (Å²) < 4.78 is 5.51. The molecule has 0 aromatic carbocycles. The average Bonchev–Trinajstić information content (AvgIpc) is 2.22. The fraction of sp³-hybridized carbons (Fsp3) is 0.600. The van der Waals surface area contributed by atoms with E-state index in [0.29, 0.717) is 11.7 Å². The smallest absolute Gasteiger partial charge is 0.218 e. The average molecular weight is 208 g/mol. The molecule has 5 heteroatoms. The van der Waals surface area contributed by atoms with E-state index in [-0.39, 0.29) is 0 Å². The number of nitrogens with zero attached hydrogens (tertiary/aromatic N) is 2. The highest BCUT2D eigenvalue weighted by Gasteiger charge is 2.16. The van der Waals surface area contributed by atoms with Crippen LogP contribution in [0.15, 0.2) is 12.4 Å². The fourth-order valence-electron chi connectivity index (χ4n) is 1.61. The van der Waals surface area contributed by atoms with E-state index in [9.17, 15) is 0 Å². The Kier molecular flexibility index (Phi) is 3.34. The van der Waals surface area contributed by atoms with Gasteiger partial charge in [-0.3, -0.25) is 0 Å². The van der Waals surface area contributed by atoms with Gasteiger partial charge < -0.3 is 10.2 Å². The lowest BCUT2D eigenvalue weighted by Crippen LogP contribution is -2.15. The number of nitrogens with one attached hydrogen (secondary N) is 1. The van der Waals surface area contributed by atoms with Crippen LogP contribution in [0.4, 0.5) is 5.82 Å². The van der Waals surface area contributed by atoms with Gasteiger partial charge in [0, 0.05) is 6.07 Å². The summed E-state index contributed by atoms with van der Waals surface area (Å²) in [6.45, 7) is 0.728. The molecule has 1 heterocycles. The number of aromatic nitrogens is 2. The topological polar surface area (TPSA) is 73.1 Å². The van der Waals surface area contributed by atoms with Gasteiger partial charge in [0.05, 0.1) is 6.61 Å². The molecular weight excluding hydrogens is 192 g/mol. The molecule has 1 aliphatic carbocycles. The van der Waals surface area contributed by atoms with Crippen LogP contribution in [0.5, 0.6) is 5.88 Å². The van der Waals surface area contributed by atoms with Crippen molar-refractivity contribution in [2.45, 2.75) is 25.7 Å². The number of anilines is 1. The van der Waals surface area contributed by atoms with Crippen molar-refractivity contribution >= 4 is 5.82 Å². The highest BCUT2D eigenvalue weighted by atomic mass is 16.5. The third-order valence-electron chi connectivity index (χ3n) is 2.79. The molecule has 1 aromatic rings. The minimum absolute atomic E-state index is 0.573. The SMILES string of the molecule is NNc1cc(OCCC2CCC2)ncn1. The van der Waals surface area contributed by atoms with Crippen LogP contribution in [-0.2, 0) is 0 Å². The second-order valence-electron chi connectivity index (χ2n) is 3.82. The van der Waals surface area contributed by atoms with Gasteiger partial charge in [0.25, 0.3) is 0 Å². The summed E-state index contributed by atoms with van der Waals surface area (Å²) in [6, 6.07) is 1.70. The molecule has 0 spiro atoms. The summed E-state index contributed by atoms with van der Waals surface area (Å²) in [6.07, 6.45) is 6.63. The van der Waals surface area contributed by atoms with E-state index >= 15 is 0 Å². The Balaban J connectivity index is 1.76. The summed E-state index contributed by atoms with van der Waals surface area (Å²) in [7, 11) is 0. The summed E-state index contributed by atoms with van der Waals surface area (Å²) >= 11 is 0. The number of nitrogens with two attached hydrogens (primary N) is 1. The summed E-state index contributed by atoms with van der Waals surface area (Å²) in [5.41, 5.74) is 2.46. The van der Waals surface area contributed by atoms with Crippen molar-refractivity contribution in [3.63, 3.8) is 0 Å². The number of nitrogen functional groups attached to an aromatic ring is 1. The lowest BCUT2D eigenvalue weighted by Gasteiger charge is -2.24. The first-order valence-corrected chi connectivity index (χ1v) is 5.30. The Morgan fingerprint density at radius 2 is 2.33 bits per heavy atom. The van der Waals surface area contributed by atoms with Gasteiger partial charge in [-0.25, -0.2) is 15.8 Å². The normalized spacial score (nSPS) is 15.8. The lowest BCUT2D eigenvalue weighted by molar-refractivity contribution is 0.217. The number of hydrogen-bond acceptors (Lipinski definition) is 5. The molecule has 0 saturated heterocycles. The molecule has 1 fully saturated rings. The largest absolute Gasteiger partial charge is 0.478 e. The molecular formula is C10H16N4O. The monoisotopic (exact) mass is 208 g/mol. The molecule has 0 bridgehead atoms. The standard InChI is InChI=1S/C10H16N4O/c11-14-9-6-10(13-7-12-9)15-5-4-8-2-1-3-8/h6-8H,1-5,11H2,(H,12,13,14). The minimum Gasteiger partial charge on any atom is -0.478 e. The van der Waals surface area contributed by atoms with Crippen LogP contribution < -0.4 is 16.0 Å². The Morgan fingerprint density at radius 1 is 1.47 bits per heavy atom. The van der Waals surface area contributed by atoms with Gasteiger partial charge in [0.15, 0.2) is 0 Å². The van der Waals surface area contributed by atoms with Gasteiger partial charge in [0.2, 0.25) is 5.88 Å². The van der Waals surface area contributed by atoms with Crippen LogP contribution in [0.3, 0.4) is 0 Å². The van der Waals surface area contributed by atoms with Crippen LogP contribution in [0.1, 0.15) is 25.7 Å². The van der Waals surface area contributed by atoms with Gasteiger partial charge in [-0.1, -0.05) is 19.3 Å². The summed E-state index contributed by atoms with van der Waals surface area (Å²) in [5.74, 6) is 7.24. The molecule has 15 heavy (non-hydrogen) atoms. The zero-order valence-corrected chi connectivity index (χ0v) is 8.65. The molecule has 0 unspecified atom stereocenters. The first-order valence-electron chi connectivity index (χ1n) is 5.30. The summed E-state index contributed by atoms with van der Waals surface area (Å²) in [4.78, 5) is 7.90.